The molecule has 0 saturated heterocycles. The van der Waals surface area contributed by atoms with Gasteiger partial charge >= 0.3 is 6.03 Å². The van der Waals surface area contributed by atoms with Crippen LogP contribution in [0.5, 0.6) is 0 Å². The summed E-state index contributed by atoms with van der Waals surface area (Å²) in [6, 6.07) is 9.54. The molecule has 0 aliphatic rings. The number of nitrogens with zero attached hydrogens (tertiary/aromatic N) is 3. The summed E-state index contributed by atoms with van der Waals surface area (Å²) in [6.45, 7) is 0.715. The number of aromatic nitrogens is 1. The monoisotopic (exact) mass is 588 g/mol. The van der Waals surface area contributed by atoms with Crippen LogP contribution < -0.4 is 16.0 Å². The number of urea groups is 1. The second-order valence-electron chi connectivity index (χ2n) is 10.0. The Bertz CT molecular complexity index is 1370. The molecule has 9 nitrogen and oxygen atoms in total. The van der Waals surface area contributed by atoms with Gasteiger partial charge < -0.3 is 25.8 Å². The molecular weight excluding hydrogens is 554 g/mol. The number of rotatable bonds is 13. The average Bonchev–Trinajstić information content (AvgIpc) is 2.92. The number of halogens is 3. The van der Waals surface area contributed by atoms with Crippen molar-refractivity contribution in [1.29, 1.82) is 0 Å². The van der Waals surface area contributed by atoms with E-state index in [-0.39, 0.29) is 48.2 Å². The number of nitrogens with one attached hydrogen (secondary N) is 3. The van der Waals surface area contributed by atoms with Gasteiger partial charge in [-0.3, -0.25) is 9.59 Å². The maximum Gasteiger partial charge on any atom is 0.317 e. The third-order valence-corrected chi connectivity index (χ3v) is 6.90. The molecular formula is C29H35ClF2N6O3. The van der Waals surface area contributed by atoms with Gasteiger partial charge in [-0.25, -0.2) is 18.6 Å². The summed E-state index contributed by atoms with van der Waals surface area (Å²) in [5.74, 6) is -1.07. The Labute approximate surface area is 243 Å². The lowest BCUT2D eigenvalue weighted by Crippen LogP contribution is -2.44. The van der Waals surface area contributed by atoms with Crippen LogP contribution in [0.3, 0.4) is 0 Å². The summed E-state index contributed by atoms with van der Waals surface area (Å²) < 4.78 is 27.4. The van der Waals surface area contributed by atoms with E-state index in [1.807, 2.05) is 0 Å². The summed E-state index contributed by atoms with van der Waals surface area (Å²) in [5, 5.41) is 9.63. The van der Waals surface area contributed by atoms with Gasteiger partial charge in [0.05, 0.1) is 11.6 Å². The molecule has 2 aromatic carbocycles. The van der Waals surface area contributed by atoms with Gasteiger partial charge in [0.1, 0.15) is 17.5 Å². The van der Waals surface area contributed by atoms with E-state index < -0.39 is 11.8 Å². The van der Waals surface area contributed by atoms with Crippen molar-refractivity contribution in [3.8, 4) is 0 Å². The molecule has 0 fully saturated rings. The normalized spacial score (nSPS) is 11.8. The Morgan fingerprint density at radius 2 is 1.76 bits per heavy atom. The Balaban J connectivity index is 1.60. The number of amides is 4. The lowest BCUT2D eigenvalue weighted by atomic mass is 10.0. The van der Waals surface area contributed by atoms with Crippen molar-refractivity contribution < 1.29 is 23.2 Å². The molecule has 1 heterocycles. The Hall–Kier alpha value is -3.83. The summed E-state index contributed by atoms with van der Waals surface area (Å²) in [4.78, 5) is 45.2. The number of anilines is 1. The molecule has 1 atom stereocenters. The first-order valence-corrected chi connectivity index (χ1v) is 13.6. The van der Waals surface area contributed by atoms with Gasteiger partial charge in [-0.05, 0) is 74.6 Å². The van der Waals surface area contributed by atoms with Crippen LogP contribution >= 0.6 is 11.6 Å². The molecule has 1 unspecified atom stereocenters. The smallest absolute Gasteiger partial charge is 0.317 e. The Kier molecular flexibility index (Phi) is 11.8. The van der Waals surface area contributed by atoms with Gasteiger partial charge in [0.2, 0.25) is 11.8 Å². The van der Waals surface area contributed by atoms with Crippen molar-refractivity contribution in [3.63, 3.8) is 0 Å². The zero-order valence-electron chi connectivity index (χ0n) is 23.3. The second kappa shape index (κ2) is 15.2. The Morgan fingerprint density at radius 3 is 2.51 bits per heavy atom. The number of likely N-dealkylation sites (N-methyl/N-ethyl adjacent to an activating group) is 1. The van der Waals surface area contributed by atoms with Crippen molar-refractivity contribution in [2.24, 2.45) is 0 Å². The van der Waals surface area contributed by atoms with E-state index in [0.717, 1.165) is 5.39 Å². The molecule has 3 aromatic rings. The van der Waals surface area contributed by atoms with Gasteiger partial charge in [-0.1, -0.05) is 23.7 Å². The van der Waals surface area contributed by atoms with Crippen molar-refractivity contribution in [2.75, 3.05) is 39.5 Å². The van der Waals surface area contributed by atoms with Gasteiger partial charge in [-0.2, -0.15) is 0 Å². The fourth-order valence-corrected chi connectivity index (χ4v) is 4.46. The van der Waals surface area contributed by atoms with Crippen molar-refractivity contribution in [3.05, 3.63) is 70.9 Å². The number of carbonyl (C=O) groups excluding carboxylic acids is 3. The third kappa shape index (κ3) is 9.94. The Morgan fingerprint density at radius 1 is 0.976 bits per heavy atom. The molecule has 0 aliphatic heterocycles. The predicted molar refractivity (Wildman–Crippen MR) is 156 cm³/mol. The number of fused-ring (bicyclic) bond motifs is 1. The number of pyridine rings is 1. The SMILES string of the molecule is CN(C)CC(=O)NCCCC(CCC(=O)Nc1cc2cc(F)ccc2cn1)N(C)C(=O)NCc1cccc(F)c1Cl. The number of hydrogen-bond donors (Lipinski definition) is 3. The highest BCUT2D eigenvalue weighted by atomic mass is 35.5. The summed E-state index contributed by atoms with van der Waals surface area (Å²) in [6.07, 6.45) is 3.09. The molecule has 3 rings (SSSR count). The van der Waals surface area contributed by atoms with E-state index in [4.69, 9.17) is 11.6 Å². The average molecular weight is 589 g/mol. The lowest BCUT2D eigenvalue weighted by molar-refractivity contribution is -0.121. The van der Waals surface area contributed by atoms with Gasteiger partial charge in [-0.15, -0.1) is 0 Å². The number of hydrogen-bond acceptors (Lipinski definition) is 5. The standard InChI is InChI=1S/C29H35ClF2N6O3/c1-37(2)18-27(40)33-13-5-7-23(38(3)29(41)35-17-20-6-4-8-24(32)28(20)30)11-12-26(39)36-25-15-21-14-22(31)10-9-19(21)16-34-25/h4,6,8-10,14-16,23H,5,7,11-13,17-18H2,1-3H3,(H,33,40)(H,35,41)(H,34,36,39). The number of carbonyl (C=O) groups is 3. The fraction of sp³-hybridized carbons (Fsp3) is 0.379. The van der Waals surface area contributed by atoms with Crippen LogP contribution in [0, 0.1) is 11.6 Å². The van der Waals surface area contributed by atoms with Crippen LogP contribution in [0.1, 0.15) is 31.2 Å². The second-order valence-corrected chi connectivity index (χ2v) is 10.4. The third-order valence-electron chi connectivity index (χ3n) is 6.48. The molecule has 0 saturated carbocycles. The van der Waals surface area contributed by atoms with Crippen LogP contribution in [-0.2, 0) is 16.1 Å². The molecule has 0 spiro atoms. The predicted octanol–water partition coefficient (Wildman–Crippen LogP) is 4.55. The lowest BCUT2D eigenvalue weighted by Gasteiger charge is -2.28. The minimum atomic E-state index is -0.571. The van der Waals surface area contributed by atoms with Gasteiger partial charge in [0.15, 0.2) is 0 Å². The van der Waals surface area contributed by atoms with E-state index in [1.165, 1.54) is 29.2 Å². The summed E-state index contributed by atoms with van der Waals surface area (Å²) >= 11 is 6.01. The van der Waals surface area contributed by atoms with Gasteiger partial charge in [0, 0.05) is 44.2 Å². The zero-order chi connectivity index (χ0) is 29.9. The van der Waals surface area contributed by atoms with Crippen LogP contribution in [-0.4, -0.2) is 72.9 Å². The molecule has 4 amide bonds. The minimum Gasteiger partial charge on any atom is -0.355 e. The molecule has 12 heteroatoms. The van der Waals surface area contributed by atoms with Crippen LogP contribution in [0.15, 0.2) is 48.7 Å². The van der Waals surface area contributed by atoms with Crippen LogP contribution in [0.4, 0.5) is 19.4 Å². The maximum absolute atomic E-state index is 13.8. The van der Waals surface area contributed by atoms with Crippen molar-refractivity contribution in [1.82, 2.24) is 25.4 Å². The molecule has 0 radical (unpaired) electrons. The summed E-state index contributed by atoms with van der Waals surface area (Å²) in [5.41, 5.74) is 0.440. The molecule has 220 valence electrons. The molecule has 0 bridgehead atoms. The van der Waals surface area contributed by atoms with Crippen LogP contribution in [0.2, 0.25) is 5.02 Å². The van der Waals surface area contributed by atoms with Crippen molar-refractivity contribution >= 4 is 46.0 Å². The fourth-order valence-electron chi connectivity index (χ4n) is 4.27. The first kappa shape index (κ1) is 31.7. The van der Waals surface area contributed by atoms with E-state index in [0.29, 0.717) is 42.6 Å². The molecule has 41 heavy (non-hydrogen) atoms. The van der Waals surface area contributed by atoms with E-state index in [2.05, 4.69) is 20.9 Å². The van der Waals surface area contributed by atoms with Gasteiger partial charge in [0.25, 0.3) is 0 Å². The van der Waals surface area contributed by atoms with Crippen molar-refractivity contribution in [2.45, 2.75) is 38.3 Å². The highest BCUT2D eigenvalue weighted by Gasteiger charge is 2.21. The zero-order valence-corrected chi connectivity index (χ0v) is 24.1. The van der Waals surface area contributed by atoms with E-state index >= 15 is 0 Å². The largest absolute Gasteiger partial charge is 0.355 e. The van der Waals surface area contributed by atoms with E-state index in [9.17, 15) is 23.2 Å². The maximum atomic E-state index is 13.8. The molecule has 0 aliphatic carbocycles. The highest BCUT2D eigenvalue weighted by molar-refractivity contribution is 6.31. The first-order valence-electron chi connectivity index (χ1n) is 13.2. The number of benzene rings is 2. The highest BCUT2D eigenvalue weighted by Crippen LogP contribution is 2.21. The minimum absolute atomic E-state index is 0.0296. The summed E-state index contributed by atoms with van der Waals surface area (Å²) in [7, 11) is 5.23. The quantitative estimate of drug-likeness (QED) is 0.254. The molecule has 3 N–H and O–H groups in total. The molecule has 1 aromatic heterocycles. The van der Waals surface area contributed by atoms with Crippen LogP contribution in [0.25, 0.3) is 10.8 Å². The van der Waals surface area contributed by atoms with E-state index in [1.54, 1.807) is 50.4 Å². The topological polar surface area (TPSA) is 107 Å². The first-order chi connectivity index (χ1) is 19.5.